The van der Waals surface area contributed by atoms with Gasteiger partial charge in [-0.05, 0) is 12.1 Å². The predicted octanol–water partition coefficient (Wildman–Crippen LogP) is 1.21. The molecule has 144 valence electrons. The number of rotatable bonds is 7. The summed E-state index contributed by atoms with van der Waals surface area (Å²) in [5, 5.41) is 3.29. The zero-order chi connectivity index (χ0) is 18.8. The predicted molar refractivity (Wildman–Crippen MR) is 103 cm³/mol. The number of nitrogens with one attached hydrogen (secondary N) is 1. The summed E-state index contributed by atoms with van der Waals surface area (Å²) < 4.78 is 11.1. The van der Waals surface area contributed by atoms with Crippen molar-refractivity contribution in [1.82, 2.24) is 15.1 Å². The third kappa shape index (κ3) is 6.55. The number of guanidine groups is 1. The van der Waals surface area contributed by atoms with Crippen molar-refractivity contribution < 1.29 is 14.3 Å². The van der Waals surface area contributed by atoms with Crippen LogP contribution in [-0.2, 0) is 9.53 Å². The number of likely N-dealkylation sites (N-methyl/N-ethyl adjacent to an activating group) is 1. The van der Waals surface area contributed by atoms with Gasteiger partial charge in [-0.3, -0.25) is 4.79 Å². The van der Waals surface area contributed by atoms with Gasteiger partial charge in [0, 0.05) is 53.7 Å². The van der Waals surface area contributed by atoms with E-state index in [1.54, 1.807) is 26.1 Å². The lowest BCUT2D eigenvalue weighted by Crippen LogP contribution is -2.48. The van der Waals surface area contributed by atoms with Crippen molar-refractivity contribution in [2.45, 2.75) is 18.9 Å². The molecular weight excluding hydrogens is 332 g/mol. The van der Waals surface area contributed by atoms with E-state index in [2.05, 4.69) is 15.2 Å². The second-order valence-corrected chi connectivity index (χ2v) is 6.46. The van der Waals surface area contributed by atoms with Gasteiger partial charge >= 0.3 is 0 Å². The van der Waals surface area contributed by atoms with Gasteiger partial charge in [0.1, 0.15) is 18.4 Å². The minimum Gasteiger partial charge on any atom is -0.490 e. The lowest BCUT2D eigenvalue weighted by Gasteiger charge is -2.34. The maximum atomic E-state index is 11.8. The van der Waals surface area contributed by atoms with Crippen LogP contribution < -0.4 is 10.1 Å². The first-order valence-corrected chi connectivity index (χ1v) is 9.04. The largest absolute Gasteiger partial charge is 0.490 e. The van der Waals surface area contributed by atoms with E-state index in [0.29, 0.717) is 13.2 Å². The van der Waals surface area contributed by atoms with E-state index >= 15 is 0 Å². The molecule has 0 aliphatic carbocycles. The molecule has 0 aromatic heterocycles. The molecule has 7 nitrogen and oxygen atoms in total. The number of hydrogen-bond acceptors (Lipinski definition) is 4. The number of para-hydroxylation sites is 1. The number of hydrogen-bond donors (Lipinski definition) is 1. The number of carbonyl (C=O) groups is 1. The lowest BCUT2D eigenvalue weighted by molar-refractivity contribution is -0.127. The SMILES string of the molecule is COCCNC(=NCC(=O)N(C)C)N1CCC(Oc2ccccc2)CC1. The van der Waals surface area contributed by atoms with Gasteiger partial charge in [-0.1, -0.05) is 18.2 Å². The number of benzene rings is 1. The molecule has 0 radical (unpaired) electrons. The molecule has 1 aliphatic rings. The summed E-state index contributed by atoms with van der Waals surface area (Å²) in [6.45, 7) is 3.07. The zero-order valence-corrected chi connectivity index (χ0v) is 16.0. The summed E-state index contributed by atoms with van der Waals surface area (Å²) in [5.74, 6) is 1.66. The normalized spacial score (nSPS) is 15.7. The fourth-order valence-corrected chi connectivity index (χ4v) is 2.69. The molecule has 1 N–H and O–H groups in total. The van der Waals surface area contributed by atoms with Crippen molar-refractivity contribution >= 4 is 11.9 Å². The summed E-state index contributed by atoms with van der Waals surface area (Å²) >= 11 is 0. The van der Waals surface area contributed by atoms with Gasteiger partial charge in [0.05, 0.1) is 6.61 Å². The van der Waals surface area contributed by atoms with Crippen LogP contribution in [0, 0.1) is 0 Å². The Kier molecular flexibility index (Phi) is 8.21. The smallest absolute Gasteiger partial charge is 0.243 e. The number of likely N-dealkylation sites (tertiary alicyclic amines) is 1. The van der Waals surface area contributed by atoms with E-state index in [-0.39, 0.29) is 18.6 Å². The number of amides is 1. The van der Waals surface area contributed by atoms with E-state index in [9.17, 15) is 4.79 Å². The molecule has 1 fully saturated rings. The number of piperidine rings is 1. The average molecular weight is 362 g/mol. The monoisotopic (exact) mass is 362 g/mol. The number of methoxy groups -OCH3 is 1. The standard InChI is InChI=1S/C19H30N4O3/c1-22(2)18(24)15-21-19(20-11-14-25-3)23-12-9-17(10-13-23)26-16-7-5-4-6-8-16/h4-8,17H,9-15H2,1-3H3,(H,20,21). The second-order valence-electron chi connectivity index (χ2n) is 6.46. The highest BCUT2D eigenvalue weighted by molar-refractivity contribution is 5.84. The molecule has 7 heteroatoms. The summed E-state index contributed by atoms with van der Waals surface area (Å²) in [4.78, 5) is 20.1. The Morgan fingerprint density at radius 3 is 2.58 bits per heavy atom. The molecule has 1 heterocycles. The molecule has 26 heavy (non-hydrogen) atoms. The van der Waals surface area contributed by atoms with Crippen LogP contribution in [0.1, 0.15) is 12.8 Å². The van der Waals surface area contributed by atoms with Crippen LogP contribution in [-0.4, -0.2) is 81.8 Å². The van der Waals surface area contributed by atoms with Crippen molar-refractivity contribution in [2.24, 2.45) is 4.99 Å². The van der Waals surface area contributed by atoms with Gasteiger partial charge in [-0.2, -0.15) is 0 Å². The summed E-state index contributed by atoms with van der Waals surface area (Å²) in [5.41, 5.74) is 0. The van der Waals surface area contributed by atoms with Crippen LogP contribution in [0.15, 0.2) is 35.3 Å². The summed E-state index contributed by atoms with van der Waals surface area (Å²) in [6.07, 6.45) is 2.04. The molecule has 0 unspecified atom stereocenters. The second kappa shape index (κ2) is 10.7. The molecule has 1 amide bonds. The van der Waals surface area contributed by atoms with Crippen molar-refractivity contribution in [3.63, 3.8) is 0 Å². The average Bonchev–Trinajstić information content (AvgIpc) is 2.66. The number of nitrogens with zero attached hydrogens (tertiary/aromatic N) is 3. The topological polar surface area (TPSA) is 66.4 Å². The first-order chi connectivity index (χ1) is 12.6. The fraction of sp³-hybridized carbons (Fsp3) is 0.579. The van der Waals surface area contributed by atoms with Crippen LogP contribution in [0.4, 0.5) is 0 Å². The number of aliphatic imine (C=N–C) groups is 1. The highest BCUT2D eigenvalue weighted by Crippen LogP contribution is 2.18. The Morgan fingerprint density at radius 2 is 1.96 bits per heavy atom. The maximum Gasteiger partial charge on any atom is 0.243 e. The molecule has 0 spiro atoms. The Hall–Kier alpha value is -2.28. The van der Waals surface area contributed by atoms with Crippen molar-refractivity contribution in [3.8, 4) is 5.75 Å². The Labute approximate surface area is 156 Å². The molecule has 1 saturated heterocycles. The van der Waals surface area contributed by atoms with Crippen molar-refractivity contribution in [3.05, 3.63) is 30.3 Å². The van der Waals surface area contributed by atoms with Gasteiger partial charge in [0.2, 0.25) is 5.91 Å². The molecule has 2 rings (SSSR count). The highest BCUT2D eigenvalue weighted by atomic mass is 16.5. The van der Waals surface area contributed by atoms with Crippen LogP contribution >= 0.6 is 0 Å². The quantitative estimate of drug-likeness (QED) is 0.449. The maximum absolute atomic E-state index is 11.8. The van der Waals surface area contributed by atoms with Gasteiger partial charge in [0.15, 0.2) is 5.96 Å². The van der Waals surface area contributed by atoms with Crippen LogP contribution in [0.25, 0.3) is 0 Å². The zero-order valence-electron chi connectivity index (χ0n) is 16.0. The minimum atomic E-state index is -0.0154. The third-order valence-corrected chi connectivity index (χ3v) is 4.24. The van der Waals surface area contributed by atoms with Gasteiger partial charge in [0.25, 0.3) is 0 Å². The Balaban J connectivity index is 1.89. The molecule has 0 saturated carbocycles. The molecule has 1 aromatic rings. The Morgan fingerprint density at radius 1 is 1.27 bits per heavy atom. The molecule has 1 aromatic carbocycles. The van der Waals surface area contributed by atoms with E-state index < -0.39 is 0 Å². The van der Waals surface area contributed by atoms with Crippen LogP contribution in [0.5, 0.6) is 5.75 Å². The van der Waals surface area contributed by atoms with Crippen molar-refractivity contribution in [1.29, 1.82) is 0 Å². The number of carbonyl (C=O) groups excluding carboxylic acids is 1. The lowest BCUT2D eigenvalue weighted by atomic mass is 10.1. The third-order valence-electron chi connectivity index (χ3n) is 4.24. The first kappa shape index (κ1) is 20.0. The van der Waals surface area contributed by atoms with Gasteiger partial charge in [-0.25, -0.2) is 4.99 Å². The highest BCUT2D eigenvalue weighted by Gasteiger charge is 2.23. The van der Waals surface area contributed by atoms with Crippen LogP contribution in [0.3, 0.4) is 0 Å². The molecular formula is C19H30N4O3. The van der Waals surface area contributed by atoms with Crippen LogP contribution in [0.2, 0.25) is 0 Å². The summed E-state index contributed by atoms with van der Waals surface area (Å²) in [7, 11) is 5.14. The van der Waals surface area contributed by atoms with Gasteiger partial charge in [-0.15, -0.1) is 0 Å². The minimum absolute atomic E-state index is 0.0154. The summed E-state index contributed by atoms with van der Waals surface area (Å²) in [6, 6.07) is 9.92. The number of ether oxygens (including phenoxy) is 2. The fourth-order valence-electron chi connectivity index (χ4n) is 2.69. The van der Waals surface area contributed by atoms with E-state index in [1.165, 1.54) is 0 Å². The van der Waals surface area contributed by atoms with E-state index in [4.69, 9.17) is 9.47 Å². The molecule has 0 bridgehead atoms. The first-order valence-electron chi connectivity index (χ1n) is 9.04. The Bertz CT molecular complexity index is 569. The van der Waals surface area contributed by atoms with Gasteiger partial charge < -0.3 is 24.6 Å². The molecule has 1 aliphatic heterocycles. The molecule has 0 atom stereocenters. The van der Waals surface area contributed by atoms with E-state index in [0.717, 1.165) is 37.6 Å². The van der Waals surface area contributed by atoms with E-state index in [1.807, 2.05) is 30.3 Å². The van der Waals surface area contributed by atoms with Crippen molar-refractivity contribution in [2.75, 3.05) is 54.0 Å².